The predicted octanol–water partition coefficient (Wildman–Crippen LogP) is 0.720. The van der Waals surface area contributed by atoms with Crippen molar-refractivity contribution in [3.63, 3.8) is 0 Å². The fourth-order valence-corrected chi connectivity index (χ4v) is 2.88. The van der Waals surface area contributed by atoms with Crippen LogP contribution in [0.25, 0.3) is 0 Å². The average Bonchev–Trinajstić information content (AvgIpc) is 2.46. The van der Waals surface area contributed by atoms with Crippen molar-refractivity contribution in [2.45, 2.75) is 13.0 Å². The van der Waals surface area contributed by atoms with Gasteiger partial charge in [-0.15, -0.1) is 0 Å². The molecule has 4 heteroatoms. The second kappa shape index (κ2) is 5.31. The number of rotatable bonds is 1. The molecule has 1 fully saturated rings. The zero-order valence-electron chi connectivity index (χ0n) is 11.5. The van der Waals surface area contributed by atoms with Crippen LogP contribution in [0.4, 0.5) is 0 Å². The Balaban J connectivity index is 1.81. The molecule has 3 rings (SSSR count). The molecule has 0 radical (unpaired) electrons. The number of nitrogens with zero attached hydrogens (tertiary/aromatic N) is 2. The minimum absolute atomic E-state index is 0.178. The first-order valence-electron chi connectivity index (χ1n) is 7.04. The molecule has 0 saturated carbocycles. The highest BCUT2D eigenvalue weighted by Gasteiger charge is 2.20. The fraction of sp³-hybridized carbons (Fsp3) is 0.533. The monoisotopic (exact) mass is 259 g/mol. The summed E-state index contributed by atoms with van der Waals surface area (Å²) in [5.41, 5.74) is 3.56. The Bertz CT molecular complexity index is 480. The Labute approximate surface area is 114 Å². The number of carbonyl (C=O) groups excluding carboxylic acids is 1. The largest absolute Gasteiger partial charge is 0.336 e. The Morgan fingerprint density at radius 2 is 1.95 bits per heavy atom. The summed E-state index contributed by atoms with van der Waals surface area (Å²) < 4.78 is 0. The average molecular weight is 259 g/mol. The van der Waals surface area contributed by atoms with Gasteiger partial charge in [0.15, 0.2) is 0 Å². The first kappa shape index (κ1) is 12.6. The van der Waals surface area contributed by atoms with E-state index >= 15 is 0 Å². The number of piperazine rings is 1. The van der Waals surface area contributed by atoms with E-state index < -0.39 is 0 Å². The Morgan fingerprint density at radius 1 is 1.16 bits per heavy atom. The zero-order valence-corrected chi connectivity index (χ0v) is 11.5. The van der Waals surface area contributed by atoms with Gasteiger partial charge in [-0.3, -0.25) is 4.79 Å². The van der Waals surface area contributed by atoms with Crippen LogP contribution >= 0.6 is 0 Å². The molecule has 102 valence electrons. The van der Waals surface area contributed by atoms with E-state index in [9.17, 15) is 4.79 Å². The normalized spacial score (nSPS) is 20.2. The summed E-state index contributed by atoms with van der Waals surface area (Å²) in [7, 11) is 2.13. The van der Waals surface area contributed by atoms with E-state index in [0.29, 0.717) is 0 Å². The molecule has 1 amide bonds. The van der Waals surface area contributed by atoms with Crippen LogP contribution in [0.3, 0.4) is 0 Å². The molecular weight excluding hydrogens is 238 g/mol. The lowest BCUT2D eigenvalue weighted by molar-refractivity contribution is 0.0735. The maximum atomic E-state index is 12.5. The maximum Gasteiger partial charge on any atom is 0.253 e. The molecule has 0 spiro atoms. The van der Waals surface area contributed by atoms with E-state index in [2.05, 4.69) is 29.4 Å². The van der Waals surface area contributed by atoms with Crippen molar-refractivity contribution in [1.29, 1.82) is 0 Å². The van der Waals surface area contributed by atoms with Gasteiger partial charge in [-0.2, -0.15) is 0 Å². The van der Waals surface area contributed by atoms with Gasteiger partial charge in [0.1, 0.15) is 0 Å². The number of amides is 1. The Morgan fingerprint density at radius 3 is 2.74 bits per heavy atom. The van der Waals surface area contributed by atoms with E-state index in [0.717, 1.165) is 51.3 Å². The van der Waals surface area contributed by atoms with Crippen LogP contribution in [-0.4, -0.2) is 55.5 Å². The first-order valence-corrected chi connectivity index (χ1v) is 7.04. The minimum Gasteiger partial charge on any atom is -0.336 e. The van der Waals surface area contributed by atoms with E-state index in [1.807, 2.05) is 11.0 Å². The summed E-state index contributed by atoms with van der Waals surface area (Å²) in [6.45, 7) is 5.50. The van der Waals surface area contributed by atoms with Gasteiger partial charge in [0.2, 0.25) is 0 Å². The number of likely N-dealkylation sites (N-methyl/N-ethyl adjacent to an activating group) is 1. The molecule has 1 aromatic carbocycles. The van der Waals surface area contributed by atoms with E-state index in [4.69, 9.17) is 0 Å². The Hall–Kier alpha value is -1.39. The van der Waals surface area contributed by atoms with Gasteiger partial charge in [0.25, 0.3) is 5.91 Å². The van der Waals surface area contributed by atoms with Crippen molar-refractivity contribution in [1.82, 2.24) is 15.1 Å². The number of fused-ring (bicyclic) bond motifs is 1. The van der Waals surface area contributed by atoms with Gasteiger partial charge in [-0.1, -0.05) is 6.07 Å². The van der Waals surface area contributed by atoms with Crippen molar-refractivity contribution < 1.29 is 4.79 Å². The van der Waals surface area contributed by atoms with Gasteiger partial charge in [-0.25, -0.2) is 0 Å². The molecule has 1 aromatic rings. The highest BCUT2D eigenvalue weighted by molar-refractivity contribution is 5.94. The molecule has 0 unspecified atom stereocenters. The quantitative estimate of drug-likeness (QED) is 0.807. The molecule has 2 aliphatic heterocycles. The van der Waals surface area contributed by atoms with E-state index in [1.165, 1.54) is 11.1 Å². The van der Waals surface area contributed by atoms with Crippen molar-refractivity contribution in [2.24, 2.45) is 0 Å². The third-order valence-electron chi connectivity index (χ3n) is 4.06. The van der Waals surface area contributed by atoms with Crippen LogP contribution in [0.1, 0.15) is 21.5 Å². The molecule has 4 nitrogen and oxygen atoms in total. The summed E-state index contributed by atoms with van der Waals surface area (Å²) in [5, 5.41) is 3.28. The molecule has 2 heterocycles. The molecule has 0 atom stereocenters. The SMILES string of the molecule is CN1CCc2ccc(C(=O)N3CCNCC3)cc2C1. The maximum absolute atomic E-state index is 12.5. The lowest BCUT2D eigenvalue weighted by Gasteiger charge is -2.29. The van der Waals surface area contributed by atoms with Crippen LogP contribution in [0, 0.1) is 0 Å². The minimum atomic E-state index is 0.178. The summed E-state index contributed by atoms with van der Waals surface area (Å²) in [6.07, 6.45) is 1.09. The summed E-state index contributed by atoms with van der Waals surface area (Å²) in [6, 6.07) is 6.22. The second-order valence-electron chi connectivity index (χ2n) is 5.51. The van der Waals surface area contributed by atoms with Crippen molar-refractivity contribution in [3.05, 3.63) is 34.9 Å². The lowest BCUT2D eigenvalue weighted by atomic mass is 9.97. The number of benzene rings is 1. The third kappa shape index (κ3) is 2.65. The molecule has 0 aliphatic carbocycles. The van der Waals surface area contributed by atoms with Crippen LogP contribution in [0.2, 0.25) is 0 Å². The van der Waals surface area contributed by atoms with Crippen molar-refractivity contribution in [3.8, 4) is 0 Å². The molecule has 0 aromatic heterocycles. The molecule has 1 N–H and O–H groups in total. The number of nitrogens with one attached hydrogen (secondary N) is 1. The topological polar surface area (TPSA) is 35.6 Å². The number of hydrogen-bond donors (Lipinski definition) is 1. The molecular formula is C15H21N3O. The number of hydrogen-bond acceptors (Lipinski definition) is 3. The molecule has 1 saturated heterocycles. The molecule has 19 heavy (non-hydrogen) atoms. The van der Waals surface area contributed by atoms with Crippen molar-refractivity contribution >= 4 is 5.91 Å². The Kier molecular flexibility index (Phi) is 3.53. The smallest absolute Gasteiger partial charge is 0.253 e. The van der Waals surface area contributed by atoms with Gasteiger partial charge < -0.3 is 15.1 Å². The summed E-state index contributed by atoms with van der Waals surface area (Å²) in [5.74, 6) is 0.178. The van der Waals surface area contributed by atoms with Gasteiger partial charge in [0.05, 0.1) is 0 Å². The summed E-state index contributed by atoms with van der Waals surface area (Å²) >= 11 is 0. The molecule has 2 aliphatic rings. The van der Waals surface area contributed by atoms with Crippen LogP contribution in [-0.2, 0) is 13.0 Å². The molecule has 0 bridgehead atoms. The van der Waals surface area contributed by atoms with E-state index in [1.54, 1.807) is 0 Å². The van der Waals surface area contributed by atoms with Gasteiger partial charge in [-0.05, 0) is 36.7 Å². The lowest BCUT2D eigenvalue weighted by Crippen LogP contribution is -2.46. The van der Waals surface area contributed by atoms with Gasteiger partial charge in [0, 0.05) is 44.8 Å². The van der Waals surface area contributed by atoms with Crippen LogP contribution in [0.5, 0.6) is 0 Å². The second-order valence-corrected chi connectivity index (χ2v) is 5.51. The van der Waals surface area contributed by atoms with E-state index in [-0.39, 0.29) is 5.91 Å². The van der Waals surface area contributed by atoms with Crippen molar-refractivity contribution in [2.75, 3.05) is 39.8 Å². The number of carbonyl (C=O) groups is 1. The van der Waals surface area contributed by atoms with Crippen LogP contribution < -0.4 is 5.32 Å². The van der Waals surface area contributed by atoms with Gasteiger partial charge >= 0.3 is 0 Å². The highest BCUT2D eigenvalue weighted by Crippen LogP contribution is 2.20. The summed E-state index contributed by atoms with van der Waals surface area (Å²) in [4.78, 5) is 16.7. The zero-order chi connectivity index (χ0) is 13.2. The fourth-order valence-electron chi connectivity index (χ4n) is 2.88. The standard InChI is InChI=1S/C15H21N3O/c1-17-7-4-12-2-3-13(10-14(12)11-17)15(19)18-8-5-16-6-9-18/h2-3,10,16H,4-9,11H2,1H3. The first-order chi connectivity index (χ1) is 9.24. The van der Waals surface area contributed by atoms with Crippen LogP contribution in [0.15, 0.2) is 18.2 Å². The predicted molar refractivity (Wildman–Crippen MR) is 75.3 cm³/mol. The third-order valence-corrected chi connectivity index (χ3v) is 4.06. The highest BCUT2D eigenvalue weighted by atomic mass is 16.2.